The molecule has 0 aliphatic rings. The Morgan fingerprint density at radius 1 is 1.56 bits per heavy atom. The number of nitrogens with two attached hydrogens (primary N) is 1. The van der Waals surface area contributed by atoms with E-state index < -0.39 is 0 Å². The van der Waals surface area contributed by atoms with E-state index in [4.69, 9.17) is 22.1 Å². The van der Waals surface area contributed by atoms with Crippen LogP contribution in [0, 0.1) is 0 Å². The zero-order chi connectivity index (χ0) is 12.0. The van der Waals surface area contributed by atoms with Crippen molar-refractivity contribution in [3.05, 3.63) is 28.8 Å². The van der Waals surface area contributed by atoms with Crippen molar-refractivity contribution < 1.29 is 9.53 Å². The minimum absolute atomic E-state index is 0.212. The molecule has 0 saturated heterocycles. The summed E-state index contributed by atoms with van der Waals surface area (Å²) in [4.78, 5) is 11.7. The predicted molar refractivity (Wildman–Crippen MR) is 64.7 cm³/mol. The van der Waals surface area contributed by atoms with Gasteiger partial charge in [-0.25, -0.2) is 0 Å². The van der Waals surface area contributed by atoms with E-state index >= 15 is 0 Å². The summed E-state index contributed by atoms with van der Waals surface area (Å²) in [5.74, 6) is -0.212. The van der Waals surface area contributed by atoms with Crippen LogP contribution in [0.4, 0.5) is 5.69 Å². The van der Waals surface area contributed by atoms with Crippen molar-refractivity contribution in [3.8, 4) is 0 Å². The molecule has 0 radical (unpaired) electrons. The van der Waals surface area contributed by atoms with Crippen molar-refractivity contribution in [3.63, 3.8) is 0 Å². The molecule has 0 aliphatic heterocycles. The summed E-state index contributed by atoms with van der Waals surface area (Å²) in [7, 11) is 1.62. The largest absolute Gasteiger partial charge is 0.397 e. The third-order valence-electron chi connectivity index (χ3n) is 2.11. The molecule has 5 heteroatoms. The molecular formula is C11H15ClN2O2. The second-order valence-corrected chi connectivity index (χ2v) is 3.71. The first-order valence-corrected chi connectivity index (χ1v) is 5.35. The molecule has 0 aliphatic carbocycles. The van der Waals surface area contributed by atoms with Crippen LogP contribution in [0.2, 0.25) is 5.02 Å². The van der Waals surface area contributed by atoms with E-state index in [1.807, 2.05) is 0 Å². The van der Waals surface area contributed by atoms with Crippen molar-refractivity contribution in [2.45, 2.75) is 6.42 Å². The smallest absolute Gasteiger partial charge is 0.253 e. The van der Waals surface area contributed by atoms with Gasteiger partial charge >= 0.3 is 0 Å². The van der Waals surface area contributed by atoms with Crippen LogP contribution in [0.15, 0.2) is 18.2 Å². The van der Waals surface area contributed by atoms with Gasteiger partial charge in [-0.3, -0.25) is 4.79 Å². The summed E-state index contributed by atoms with van der Waals surface area (Å²) in [6.07, 6.45) is 0.767. The number of nitrogen functional groups attached to an aromatic ring is 1. The van der Waals surface area contributed by atoms with E-state index in [0.29, 0.717) is 29.4 Å². The zero-order valence-electron chi connectivity index (χ0n) is 9.13. The number of carbonyl (C=O) groups excluding carboxylic acids is 1. The van der Waals surface area contributed by atoms with Crippen molar-refractivity contribution in [2.24, 2.45) is 0 Å². The summed E-state index contributed by atoms with van der Waals surface area (Å²) in [6, 6.07) is 4.99. The molecular weight excluding hydrogens is 228 g/mol. The number of para-hydroxylation sites is 1. The number of amides is 1. The quantitative estimate of drug-likeness (QED) is 0.610. The van der Waals surface area contributed by atoms with Gasteiger partial charge in [0, 0.05) is 20.3 Å². The van der Waals surface area contributed by atoms with Gasteiger partial charge in [-0.05, 0) is 18.6 Å². The van der Waals surface area contributed by atoms with Crippen molar-refractivity contribution in [1.82, 2.24) is 5.32 Å². The molecule has 1 aromatic carbocycles. The first kappa shape index (κ1) is 12.8. The topological polar surface area (TPSA) is 64.3 Å². The fourth-order valence-corrected chi connectivity index (χ4v) is 1.42. The SMILES string of the molecule is COCCCNC(=O)c1cccc(Cl)c1N. The summed E-state index contributed by atoms with van der Waals surface area (Å²) in [5.41, 5.74) is 6.42. The van der Waals surface area contributed by atoms with Gasteiger partial charge in [-0.2, -0.15) is 0 Å². The average molecular weight is 243 g/mol. The molecule has 16 heavy (non-hydrogen) atoms. The molecule has 4 nitrogen and oxygen atoms in total. The molecule has 88 valence electrons. The number of ether oxygens (including phenoxy) is 1. The standard InChI is InChI=1S/C11H15ClN2O2/c1-16-7-3-6-14-11(15)8-4-2-5-9(12)10(8)13/h2,4-5H,3,6-7,13H2,1H3,(H,14,15). The maximum Gasteiger partial charge on any atom is 0.253 e. The highest BCUT2D eigenvalue weighted by Gasteiger charge is 2.10. The number of rotatable bonds is 5. The van der Waals surface area contributed by atoms with Gasteiger partial charge < -0.3 is 15.8 Å². The summed E-state index contributed by atoms with van der Waals surface area (Å²) in [5, 5.41) is 3.14. The van der Waals surface area contributed by atoms with Crippen LogP contribution in [0.25, 0.3) is 0 Å². The Bertz CT molecular complexity index is 369. The highest BCUT2D eigenvalue weighted by atomic mass is 35.5. The summed E-state index contributed by atoms with van der Waals surface area (Å²) < 4.78 is 4.88. The Morgan fingerprint density at radius 3 is 3.00 bits per heavy atom. The van der Waals surface area contributed by atoms with Crippen LogP contribution in [0.3, 0.4) is 0 Å². The van der Waals surface area contributed by atoms with Crippen LogP contribution in [-0.4, -0.2) is 26.2 Å². The Labute approximate surface area is 99.7 Å². The van der Waals surface area contributed by atoms with E-state index in [1.54, 1.807) is 25.3 Å². The molecule has 1 aromatic rings. The van der Waals surface area contributed by atoms with Crippen LogP contribution in [-0.2, 0) is 4.74 Å². The lowest BCUT2D eigenvalue weighted by Crippen LogP contribution is -2.26. The predicted octanol–water partition coefficient (Wildman–Crippen LogP) is 1.69. The number of benzene rings is 1. The molecule has 0 heterocycles. The molecule has 0 bridgehead atoms. The van der Waals surface area contributed by atoms with E-state index in [9.17, 15) is 4.79 Å². The Kier molecular flexibility index (Phi) is 5.08. The maximum absolute atomic E-state index is 11.7. The van der Waals surface area contributed by atoms with Crippen LogP contribution in [0.1, 0.15) is 16.8 Å². The van der Waals surface area contributed by atoms with Crippen molar-refractivity contribution >= 4 is 23.2 Å². The Morgan fingerprint density at radius 2 is 2.31 bits per heavy atom. The van der Waals surface area contributed by atoms with Gasteiger partial charge in [-0.1, -0.05) is 17.7 Å². The highest BCUT2D eigenvalue weighted by molar-refractivity contribution is 6.33. The first-order chi connectivity index (χ1) is 7.66. The van der Waals surface area contributed by atoms with Gasteiger partial charge in [-0.15, -0.1) is 0 Å². The summed E-state index contributed by atoms with van der Waals surface area (Å²) >= 11 is 5.82. The number of hydrogen-bond acceptors (Lipinski definition) is 3. The van der Waals surface area contributed by atoms with Gasteiger partial charge in [0.25, 0.3) is 5.91 Å². The molecule has 0 atom stereocenters. The number of anilines is 1. The third kappa shape index (κ3) is 3.40. The van der Waals surface area contributed by atoms with Crippen LogP contribution in [0.5, 0.6) is 0 Å². The molecule has 1 rings (SSSR count). The maximum atomic E-state index is 11.7. The number of hydrogen-bond donors (Lipinski definition) is 2. The molecule has 0 fully saturated rings. The van der Waals surface area contributed by atoms with E-state index in [1.165, 1.54) is 0 Å². The summed E-state index contributed by atoms with van der Waals surface area (Å²) in [6.45, 7) is 1.17. The fourth-order valence-electron chi connectivity index (χ4n) is 1.25. The highest BCUT2D eigenvalue weighted by Crippen LogP contribution is 2.21. The van der Waals surface area contributed by atoms with E-state index in [2.05, 4.69) is 5.32 Å². The molecule has 0 saturated carbocycles. The minimum atomic E-state index is -0.212. The second kappa shape index (κ2) is 6.35. The molecule has 3 N–H and O–H groups in total. The molecule has 0 unspecified atom stereocenters. The van der Waals surface area contributed by atoms with Crippen molar-refractivity contribution in [2.75, 3.05) is 26.0 Å². The van der Waals surface area contributed by atoms with E-state index in [-0.39, 0.29) is 5.91 Å². The zero-order valence-corrected chi connectivity index (χ0v) is 9.88. The minimum Gasteiger partial charge on any atom is -0.397 e. The lowest BCUT2D eigenvalue weighted by molar-refractivity contribution is 0.0949. The monoisotopic (exact) mass is 242 g/mol. The fraction of sp³-hybridized carbons (Fsp3) is 0.364. The van der Waals surface area contributed by atoms with E-state index in [0.717, 1.165) is 6.42 Å². The number of methoxy groups -OCH3 is 1. The lowest BCUT2D eigenvalue weighted by Gasteiger charge is -2.08. The number of nitrogens with one attached hydrogen (secondary N) is 1. The molecule has 0 aromatic heterocycles. The van der Waals surface area contributed by atoms with Crippen LogP contribution >= 0.6 is 11.6 Å². The number of halogens is 1. The lowest BCUT2D eigenvalue weighted by atomic mass is 10.1. The average Bonchev–Trinajstić information content (AvgIpc) is 2.28. The van der Waals surface area contributed by atoms with Gasteiger partial charge in [0.15, 0.2) is 0 Å². The molecule has 1 amide bonds. The Hall–Kier alpha value is -1.26. The molecule has 0 spiro atoms. The Balaban J connectivity index is 2.56. The van der Waals surface area contributed by atoms with Crippen LogP contribution < -0.4 is 11.1 Å². The van der Waals surface area contributed by atoms with Gasteiger partial charge in [0.2, 0.25) is 0 Å². The number of carbonyl (C=O) groups is 1. The van der Waals surface area contributed by atoms with Gasteiger partial charge in [0.05, 0.1) is 16.3 Å². The third-order valence-corrected chi connectivity index (χ3v) is 2.44. The first-order valence-electron chi connectivity index (χ1n) is 4.98. The normalized spacial score (nSPS) is 10.1. The second-order valence-electron chi connectivity index (χ2n) is 3.30. The van der Waals surface area contributed by atoms with Gasteiger partial charge in [0.1, 0.15) is 0 Å². The van der Waals surface area contributed by atoms with Crippen molar-refractivity contribution in [1.29, 1.82) is 0 Å².